The number of fused-ring (bicyclic) bond motifs is 1. The number of ether oxygens (including phenoxy) is 1. The highest BCUT2D eigenvalue weighted by Gasteiger charge is 2.25. The van der Waals surface area contributed by atoms with E-state index in [4.69, 9.17) is 4.74 Å². The molecule has 4 rings (SSSR count). The number of rotatable bonds is 5. The van der Waals surface area contributed by atoms with E-state index in [-0.39, 0.29) is 18.4 Å². The third kappa shape index (κ3) is 6.26. The summed E-state index contributed by atoms with van der Waals surface area (Å²) < 4.78 is 6.97. The Labute approximate surface area is 219 Å². The zero-order valence-electron chi connectivity index (χ0n) is 22.3. The number of para-hydroxylation sites is 1. The van der Waals surface area contributed by atoms with Gasteiger partial charge in [0.2, 0.25) is 0 Å². The van der Waals surface area contributed by atoms with Crippen molar-refractivity contribution in [2.24, 2.45) is 0 Å². The van der Waals surface area contributed by atoms with Crippen LogP contribution in [-0.4, -0.2) is 77.3 Å². The van der Waals surface area contributed by atoms with Gasteiger partial charge in [0.15, 0.2) is 0 Å². The molecule has 0 atom stereocenters. The largest absolute Gasteiger partial charge is 0.375 e. The molecule has 0 saturated carbocycles. The molecule has 3 aromatic rings. The summed E-state index contributed by atoms with van der Waals surface area (Å²) in [6.45, 7) is 9.56. The van der Waals surface area contributed by atoms with E-state index in [0.29, 0.717) is 31.2 Å². The van der Waals surface area contributed by atoms with E-state index in [0.717, 1.165) is 42.0 Å². The summed E-state index contributed by atoms with van der Waals surface area (Å²) in [5.74, 6) is -0.119. The lowest BCUT2D eigenvalue weighted by atomic mass is 10.1. The number of aryl methyl sites for hydroxylation is 1. The summed E-state index contributed by atoms with van der Waals surface area (Å²) in [7, 11) is 1.54. The van der Waals surface area contributed by atoms with Crippen LogP contribution in [0.1, 0.15) is 41.8 Å². The lowest BCUT2D eigenvalue weighted by Crippen LogP contribution is -2.41. The molecule has 0 unspecified atom stereocenters. The summed E-state index contributed by atoms with van der Waals surface area (Å²) in [5.41, 5.74) is 4.32. The number of carbonyl (C=O) groups excluding carboxylic acids is 2. The average molecular weight is 504 g/mol. The second kappa shape index (κ2) is 12.2. The first-order chi connectivity index (χ1) is 17.9. The fourth-order valence-corrected chi connectivity index (χ4v) is 4.84. The van der Waals surface area contributed by atoms with Crippen molar-refractivity contribution in [2.75, 3.05) is 44.8 Å². The van der Waals surface area contributed by atoms with Crippen LogP contribution in [0.5, 0.6) is 0 Å². The van der Waals surface area contributed by atoms with E-state index < -0.39 is 0 Å². The van der Waals surface area contributed by atoms with E-state index in [1.807, 2.05) is 71.5 Å². The van der Waals surface area contributed by atoms with Crippen molar-refractivity contribution in [3.8, 4) is 5.69 Å². The van der Waals surface area contributed by atoms with Crippen LogP contribution in [0.3, 0.4) is 0 Å². The quantitative estimate of drug-likeness (QED) is 0.528. The number of hydrogen-bond acceptors (Lipinski definition) is 5. The van der Waals surface area contributed by atoms with Crippen LogP contribution >= 0.6 is 0 Å². The number of amides is 2. The minimum atomic E-state index is -0.0782. The molecule has 1 aliphatic rings. The highest BCUT2D eigenvalue weighted by Crippen LogP contribution is 2.25. The molecule has 0 aliphatic carbocycles. The fourth-order valence-electron chi connectivity index (χ4n) is 4.84. The van der Waals surface area contributed by atoms with Gasteiger partial charge >= 0.3 is 0 Å². The van der Waals surface area contributed by atoms with Gasteiger partial charge in [-0.15, -0.1) is 0 Å². The monoisotopic (exact) mass is 503 g/mol. The van der Waals surface area contributed by atoms with Crippen molar-refractivity contribution >= 4 is 17.5 Å². The first kappa shape index (κ1) is 26.6. The molecule has 1 aliphatic heterocycles. The van der Waals surface area contributed by atoms with Crippen molar-refractivity contribution in [3.63, 3.8) is 0 Å². The van der Waals surface area contributed by atoms with E-state index in [1.165, 1.54) is 7.11 Å². The summed E-state index contributed by atoms with van der Waals surface area (Å²) in [5, 5.41) is 4.36. The molecule has 0 saturated heterocycles. The molecule has 2 amide bonds. The molecular formula is C29H37N5O3. The smallest absolute Gasteiger partial charge is 0.254 e. The minimum absolute atomic E-state index is 0.0183. The second-order valence-corrected chi connectivity index (χ2v) is 9.77. The van der Waals surface area contributed by atoms with Crippen molar-refractivity contribution in [2.45, 2.75) is 39.8 Å². The maximum absolute atomic E-state index is 14.0. The molecule has 2 aromatic carbocycles. The van der Waals surface area contributed by atoms with Gasteiger partial charge in [-0.2, -0.15) is 5.10 Å². The molecule has 2 heterocycles. The van der Waals surface area contributed by atoms with Crippen LogP contribution in [0, 0.1) is 6.92 Å². The number of hydrogen-bond donors (Lipinski definition) is 0. The van der Waals surface area contributed by atoms with Gasteiger partial charge in [-0.25, -0.2) is 4.68 Å². The Morgan fingerprint density at radius 2 is 1.81 bits per heavy atom. The van der Waals surface area contributed by atoms with Crippen LogP contribution in [0.25, 0.3) is 5.69 Å². The normalized spacial score (nSPS) is 15.4. The zero-order chi connectivity index (χ0) is 26.4. The van der Waals surface area contributed by atoms with E-state index in [9.17, 15) is 9.59 Å². The van der Waals surface area contributed by atoms with Crippen LogP contribution < -0.4 is 4.90 Å². The zero-order valence-corrected chi connectivity index (χ0v) is 22.3. The Morgan fingerprint density at radius 1 is 1.00 bits per heavy atom. The van der Waals surface area contributed by atoms with Crippen molar-refractivity contribution in [1.29, 1.82) is 0 Å². The van der Waals surface area contributed by atoms with E-state index in [2.05, 4.69) is 23.8 Å². The summed E-state index contributed by atoms with van der Waals surface area (Å²) in [6.07, 6.45) is 4.45. The van der Waals surface area contributed by atoms with Gasteiger partial charge < -0.3 is 14.5 Å². The molecule has 1 aromatic heterocycles. The number of anilines is 1. The Balaban J connectivity index is 1.71. The first-order valence-corrected chi connectivity index (χ1v) is 12.9. The molecular weight excluding hydrogens is 466 g/mol. The predicted molar refractivity (Wildman–Crippen MR) is 145 cm³/mol. The molecule has 0 spiro atoms. The van der Waals surface area contributed by atoms with E-state index >= 15 is 0 Å². The van der Waals surface area contributed by atoms with Crippen molar-refractivity contribution in [3.05, 3.63) is 77.6 Å². The fraction of sp³-hybridized carbons (Fsp3) is 0.414. The van der Waals surface area contributed by atoms with Gasteiger partial charge in [-0.1, -0.05) is 24.3 Å². The third-order valence-corrected chi connectivity index (χ3v) is 6.92. The minimum Gasteiger partial charge on any atom is -0.375 e. The van der Waals surface area contributed by atoms with E-state index in [1.54, 1.807) is 10.9 Å². The summed E-state index contributed by atoms with van der Waals surface area (Å²) in [6, 6.07) is 15.8. The van der Waals surface area contributed by atoms with Crippen LogP contribution in [-0.2, 0) is 16.1 Å². The number of carbonyl (C=O) groups is 2. The highest BCUT2D eigenvalue weighted by molar-refractivity contribution is 5.96. The third-order valence-electron chi connectivity index (χ3n) is 6.92. The standard InChI is InChI=1S/C29H37N5O3/c1-22(2)31-14-8-15-33(28(35)21-37-4)26-10-6-5-9-25(26)20-32(18-17-31)29(36)24-12-11-23(3)27(19-24)34-16-7-13-30-34/h5-7,9-13,16,19,22H,8,14-15,17-18,20-21H2,1-4H3. The Kier molecular flexibility index (Phi) is 8.74. The number of benzene rings is 2. The van der Waals surface area contributed by atoms with Gasteiger partial charge in [0.1, 0.15) is 6.61 Å². The van der Waals surface area contributed by atoms with Gasteiger partial charge in [0.25, 0.3) is 11.8 Å². The van der Waals surface area contributed by atoms with Crippen molar-refractivity contribution < 1.29 is 14.3 Å². The Hall–Kier alpha value is -3.49. The molecule has 196 valence electrons. The molecule has 37 heavy (non-hydrogen) atoms. The van der Waals surface area contributed by atoms with Crippen LogP contribution in [0.15, 0.2) is 60.9 Å². The number of nitrogens with zero attached hydrogens (tertiary/aromatic N) is 5. The molecule has 8 nitrogen and oxygen atoms in total. The van der Waals surface area contributed by atoms with Gasteiger partial charge in [0, 0.05) is 69.5 Å². The Bertz CT molecular complexity index is 1210. The van der Waals surface area contributed by atoms with Crippen molar-refractivity contribution in [1.82, 2.24) is 19.6 Å². The molecule has 0 fully saturated rings. The lowest BCUT2D eigenvalue weighted by molar-refractivity contribution is -0.122. The van der Waals surface area contributed by atoms with Gasteiger partial charge in [0.05, 0.1) is 5.69 Å². The average Bonchev–Trinajstić information content (AvgIpc) is 3.41. The maximum atomic E-state index is 14.0. The highest BCUT2D eigenvalue weighted by atomic mass is 16.5. The predicted octanol–water partition coefficient (Wildman–Crippen LogP) is 3.92. The molecule has 0 N–H and O–H groups in total. The number of methoxy groups -OCH3 is 1. The lowest BCUT2D eigenvalue weighted by Gasteiger charge is -2.30. The Morgan fingerprint density at radius 3 is 2.54 bits per heavy atom. The molecule has 0 bridgehead atoms. The van der Waals surface area contributed by atoms with Crippen LogP contribution in [0.2, 0.25) is 0 Å². The second-order valence-electron chi connectivity index (χ2n) is 9.77. The summed E-state index contributed by atoms with van der Waals surface area (Å²) >= 11 is 0. The number of aromatic nitrogens is 2. The van der Waals surface area contributed by atoms with Gasteiger partial charge in [-0.05, 0) is 62.6 Å². The first-order valence-electron chi connectivity index (χ1n) is 12.9. The molecule has 8 heteroatoms. The maximum Gasteiger partial charge on any atom is 0.254 e. The summed E-state index contributed by atoms with van der Waals surface area (Å²) in [4.78, 5) is 33.1. The SMILES string of the molecule is COCC(=O)N1CCCN(C(C)C)CCN(C(=O)c2ccc(C)c(-n3cccn3)c2)Cc2ccccc21. The topological polar surface area (TPSA) is 70.9 Å². The molecule has 0 radical (unpaired) electrons. The van der Waals surface area contributed by atoms with Crippen LogP contribution in [0.4, 0.5) is 5.69 Å². The van der Waals surface area contributed by atoms with Gasteiger partial charge in [-0.3, -0.25) is 14.5 Å².